The Morgan fingerprint density at radius 3 is 3.17 bits per heavy atom. The molecule has 2 aromatic heterocycles. The highest BCUT2D eigenvalue weighted by atomic mass is 32.1. The summed E-state index contributed by atoms with van der Waals surface area (Å²) < 4.78 is 5.18. The summed E-state index contributed by atoms with van der Waals surface area (Å²) in [5.41, 5.74) is 7.99. The molecule has 0 aromatic carbocycles. The van der Waals surface area contributed by atoms with Crippen molar-refractivity contribution in [3.63, 3.8) is 0 Å². The van der Waals surface area contributed by atoms with Crippen LogP contribution in [0.15, 0.2) is 22.5 Å². The molecule has 0 fully saturated rings. The predicted molar refractivity (Wildman–Crippen MR) is 45.5 cm³/mol. The van der Waals surface area contributed by atoms with Gasteiger partial charge in [-0.2, -0.15) is 0 Å². The Balaban J connectivity index is 2.46. The minimum atomic E-state index is 0.393. The first kappa shape index (κ1) is 7.45. The Morgan fingerprint density at radius 2 is 2.50 bits per heavy atom. The van der Waals surface area contributed by atoms with Gasteiger partial charge in [0.15, 0.2) is 12.2 Å². The van der Waals surface area contributed by atoms with Crippen LogP contribution in [0.1, 0.15) is 5.69 Å². The summed E-state index contributed by atoms with van der Waals surface area (Å²) in [6.45, 7) is 0.393. The molecule has 12 heavy (non-hydrogen) atoms. The van der Waals surface area contributed by atoms with Gasteiger partial charge in [-0.15, -0.1) is 11.3 Å². The van der Waals surface area contributed by atoms with Crippen LogP contribution in [0.3, 0.4) is 0 Å². The Bertz CT molecular complexity index is 354. The van der Waals surface area contributed by atoms with Gasteiger partial charge >= 0.3 is 0 Å². The van der Waals surface area contributed by atoms with Crippen LogP contribution in [-0.4, -0.2) is 9.97 Å². The van der Waals surface area contributed by atoms with Crippen LogP contribution in [0.4, 0.5) is 0 Å². The zero-order valence-electron chi connectivity index (χ0n) is 6.23. The van der Waals surface area contributed by atoms with E-state index in [9.17, 15) is 0 Å². The predicted octanol–water partition coefficient (Wildman–Crippen LogP) is 1.26. The molecule has 0 unspecified atom stereocenters. The monoisotopic (exact) mass is 181 g/mol. The Hall–Kier alpha value is -1.20. The zero-order valence-corrected chi connectivity index (χ0v) is 7.04. The van der Waals surface area contributed by atoms with Crippen LogP contribution >= 0.6 is 11.3 Å². The maximum absolute atomic E-state index is 5.46. The lowest BCUT2D eigenvalue weighted by molar-refractivity contribution is 0.572. The molecule has 0 saturated carbocycles. The summed E-state index contributed by atoms with van der Waals surface area (Å²) in [7, 11) is 0. The molecular weight excluding hydrogens is 174 g/mol. The van der Waals surface area contributed by atoms with Crippen molar-refractivity contribution in [3.8, 4) is 10.6 Å². The van der Waals surface area contributed by atoms with Gasteiger partial charge in [0.2, 0.25) is 0 Å². The van der Waals surface area contributed by atoms with Crippen molar-refractivity contribution >= 4 is 11.3 Å². The molecule has 2 heterocycles. The van der Waals surface area contributed by atoms with Gasteiger partial charge in [-0.25, -0.2) is 4.98 Å². The van der Waals surface area contributed by atoms with Crippen LogP contribution in [0.2, 0.25) is 0 Å². The molecular formula is C7H7N3OS. The molecule has 0 radical (unpaired) electrons. The summed E-state index contributed by atoms with van der Waals surface area (Å²) >= 11 is 1.51. The Labute approximate surface area is 73.1 Å². The van der Waals surface area contributed by atoms with Crippen molar-refractivity contribution in [1.29, 1.82) is 0 Å². The van der Waals surface area contributed by atoms with Gasteiger partial charge in [0.25, 0.3) is 0 Å². The fourth-order valence-electron chi connectivity index (χ4n) is 0.943. The molecule has 0 amide bonds. The third kappa shape index (κ3) is 1.13. The third-order valence-corrected chi connectivity index (χ3v) is 2.26. The highest BCUT2D eigenvalue weighted by Gasteiger charge is 2.09. The van der Waals surface area contributed by atoms with E-state index in [0.29, 0.717) is 6.54 Å². The quantitative estimate of drug-likeness (QED) is 0.757. The van der Waals surface area contributed by atoms with E-state index in [4.69, 9.17) is 10.2 Å². The van der Waals surface area contributed by atoms with Crippen molar-refractivity contribution in [2.45, 2.75) is 6.54 Å². The topological polar surface area (TPSA) is 64.9 Å². The fourth-order valence-corrected chi connectivity index (χ4v) is 1.57. The maximum atomic E-state index is 5.46. The lowest BCUT2D eigenvalue weighted by atomic mass is 10.3. The molecule has 0 aliphatic rings. The van der Waals surface area contributed by atoms with E-state index in [2.05, 4.69) is 9.97 Å². The standard InChI is InChI=1S/C7H7N3OS/c8-1-5-7(11-3-10-5)6-2-9-4-12-6/h2-4H,1,8H2. The van der Waals surface area contributed by atoms with Crippen molar-refractivity contribution in [2.75, 3.05) is 0 Å². The number of hydrogen-bond acceptors (Lipinski definition) is 5. The van der Waals surface area contributed by atoms with E-state index in [1.807, 2.05) is 0 Å². The van der Waals surface area contributed by atoms with Crippen LogP contribution in [0.25, 0.3) is 10.6 Å². The Kier molecular flexibility index (Phi) is 1.89. The van der Waals surface area contributed by atoms with Crippen LogP contribution in [0, 0.1) is 0 Å². The molecule has 2 N–H and O–H groups in total. The summed E-state index contributed by atoms with van der Waals surface area (Å²) in [4.78, 5) is 8.89. The van der Waals surface area contributed by atoms with Crippen molar-refractivity contribution < 1.29 is 4.42 Å². The first-order valence-corrected chi connectivity index (χ1v) is 4.31. The number of rotatable bonds is 2. The van der Waals surface area contributed by atoms with Crippen LogP contribution in [0.5, 0.6) is 0 Å². The summed E-state index contributed by atoms with van der Waals surface area (Å²) in [5.74, 6) is 0.736. The summed E-state index contributed by atoms with van der Waals surface area (Å²) in [6.07, 6.45) is 3.14. The van der Waals surface area contributed by atoms with E-state index in [1.165, 1.54) is 17.7 Å². The number of aromatic nitrogens is 2. The highest BCUT2D eigenvalue weighted by Crippen LogP contribution is 2.25. The molecule has 5 heteroatoms. The molecule has 4 nitrogen and oxygen atoms in total. The molecule has 0 bridgehead atoms. The Morgan fingerprint density at radius 1 is 1.58 bits per heavy atom. The van der Waals surface area contributed by atoms with Crippen LogP contribution in [-0.2, 0) is 6.54 Å². The van der Waals surface area contributed by atoms with Gasteiger partial charge < -0.3 is 10.2 Å². The number of nitrogens with two attached hydrogens (primary N) is 1. The molecule has 2 aromatic rings. The van der Waals surface area contributed by atoms with Gasteiger partial charge in [0.1, 0.15) is 5.69 Å². The minimum Gasteiger partial charge on any atom is -0.442 e. The first-order valence-electron chi connectivity index (χ1n) is 3.43. The van der Waals surface area contributed by atoms with E-state index >= 15 is 0 Å². The second kappa shape index (κ2) is 3.04. The summed E-state index contributed by atoms with van der Waals surface area (Å²) in [6, 6.07) is 0. The van der Waals surface area contributed by atoms with Gasteiger partial charge in [-0.05, 0) is 0 Å². The average Bonchev–Trinajstić information content (AvgIpc) is 2.74. The van der Waals surface area contributed by atoms with E-state index in [-0.39, 0.29) is 0 Å². The maximum Gasteiger partial charge on any atom is 0.181 e. The molecule has 0 spiro atoms. The number of nitrogens with zero attached hydrogens (tertiary/aromatic N) is 2. The molecule has 0 saturated heterocycles. The average molecular weight is 181 g/mol. The second-order valence-electron chi connectivity index (χ2n) is 2.20. The number of hydrogen-bond donors (Lipinski definition) is 1. The third-order valence-electron chi connectivity index (χ3n) is 1.49. The lowest BCUT2D eigenvalue weighted by Gasteiger charge is -1.91. The largest absolute Gasteiger partial charge is 0.442 e. The SMILES string of the molecule is NCc1ncoc1-c1cncs1. The van der Waals surface area contributed by atoms with Crippen molar-refractivity contribution in [1.82, 2.24) is 9.97 Å². The van der Waals surface area contributed by atoms with Gasteiger partial charge in [-0.3, -0.25) is 4.98 Å². The molecule has 62 valence electrons. The van der Waals surface area contributed by atoms with Crippen LogP contribution < -0.4 is 5.73 Å². The number of oxazole rings is 1. The normalized spacial score (nSPS) is 10.4. The van der Waals surface area contributed by atoms with E-state index in [1.54, 1.807) is 11.7 Å². The zero-order chi connectivity index (χ0) is 8.39. The molecule has 0 aliphatic heterocycles. The summed E-state index contributed by atoms with van der Waals surface area (Å²) in [5, 5.41) is 0. The minimum absolute atomic E-state index is 0.393. The lowest BCUT2D eigenvalue weighted by Crippen LogP contribution is -1.97. The van der Waals surface area contributed by atoms with E-state index < -0.39 is 0 Å². The van der Waals surface area contributed by atoms with Gasteiger partial charge in [-0.1, -0.05) is 0 Å². The molecule has 0 atom stereocenters. The first-order chi connectivity index (χ1) is 5.92. The molecule has 0 aliphatic carbocycles. The van der Waals surface area contributed by atoms with Gasteiger partial charge in [0, 0.05) is 12.7 Å². The van der Waals surface area contributed by atoms with Crippen molar-refractivity contribution in [3.05, 3.63) is 23.8 Å². The van der Waals surface area contributed by atoms with E-state index in [0.717, 1.165) is 16.3 Å². The number of thiazole rings is 1. The van der Waals surface area contributed by atoms with Gasteiger partial charge in [0.05, 0.1) is 10.4 Å². The smallest absolute Gasteiger partial charge is 0.181 e. The second-order valence-corrected chi connectivity index (χ2v) is 3.08. The highest BCUT2D eigenvalue weighted by molar-refractivity contribution is 7.13. The fraction of sp³-hybridized carbons (Fsp3) is 0.143. The molecule has 2 rings (SSSR count). The van der Waals surface area contributed by atoms with Crippen molar-refractivity contribution in [2.24, 2.45) is 5.73 Å².